The molecule has 126 valence electrons. The van der Waals surface area contributed by atoms with Crippen molar-refractivity contribution in [2.75, 3.05) is 26.9 Å². The molecule has 4 nitrogen and oxygen atoms in total. The van der Waals surface area contributed by atoms with E-state index in [1.807, 2.05) is 37.3 Å². The van der Waals surface area contributed by atoms with Gasteiger partial charge in [0, 0.05) is 0 Å². The molecule has 1 aromatic rings. The van der Waals surface area contributed by atoms with Crippen molar-refractivity contribution in [3.8, 4) is 5.75 Å². The minimum Gasteiger partial charge on any atom is -0.497 e. The van der Waals surface area contributed by atoms with Crippen LogP contribution < -0.4 is 4.74 Å². The number of hydrogen-bond donors (Lipinski definition) is 0. The molecule has 0 saturated heterocycles. The third kappa shape index (κ3) is 8.35. The molecule has 0 aliphatic rings. The molecule has 0 amide bonds. The molecule has 1 rings (SSSR count). The van der Waals surface area contributed by atoms with Crippen molar-refractivity contribution in [1.29, 1.82) is 0 Å². The third-order valence-electron chi connectivity index (χ3n) is 2.93. The summed E-state index contributed by atoms with van der Waals surface area (Å²) in [4.78, 5) is 0. The van der Waals surface area contributed by atoms with Crippen LogP contribution in [-0.2, 0) is 20.8 Å². The zero-order valence-electron chi connectivity index (χ0n) is 14.0. The van der Waals surface area contributed by atoms with Gasteiger partial charge in [0.1, 0.15) is 5.75 Å². The summed E-state index contributed by atoms with van der Waals surface area (Å²) in [5.74, 6) is 0.839. The Morgan fingerprint density at radius 2 is 1.70 bits per heavy atom. The Labute approximate surface area is 139 Å². The molecule has 0 radical (unpaired) electrons. The summed E-state index contributed by atoms with van der Waals surface area (Å²) < 4.78 is 21.9. The van der Waals surface area contributed by atoms with Gasteiger partial charge in [0.25, 0.3) is 0 Å². The second kappa shape index (κ2) is 11.7. The molecule has 0 aromatic heterocycles. The summed E-state index contributed by atoms with van der Waals surface area (Å²) in [6.45, 7) is 11.2. The average Bonchev–Trinajstić information content (AvgIpc) is 2.58. The minimum atomic E-state index is -0.421. The van der Waals surface area contributed by atoms with Crippen LogP contribution in [0.25, 0.3) is 0 Å². The molecule has 0 N–H and O–H groups in total. The molecule has 1 aromatic carbocycles. The van der Waals surface area contributed by atoms with E-state index in [-0.39, 0.29) is 0 Å². The van der Waals surface area contributed by atoms with Crippen molar-refractivity contribution in [3.63, 3.8) is 0 Å². The van der Waals surface area contributed by atoms with Gasteiger partial charge in [-0.3, -0.25) is 0 Å². The summed E-state index contributed by atoms with van der Waals surface area (Å²) in [6.07, 6.45) is 4.86. The smallest absolute Gasteiger partial charge is 0.177 e. The van der Waals surface area contributed by atoms with Crippen LogP contribution in [0, 0.1) is 0 Å². The Kier molecular flexibility index (Phi) is 9.71. The number of rotatable bonds is 12. The minimum absolute atomic E-state index is 0.421. The lowest BCUT2D eigenvalue weighted by atomic mass is 10.2. The molecule has 0 bridgehead atoms. The van der Waals surface area contributed by atoms with Crippen LogP contribution in [0.3, 0.4) is 0 Å². The molecule has 0 atom stereocenters. The molecule has 0 fully saturated rings. The van der Waals surface area contributed by atoms with E-state index in [1.54, 1.807) is 19.3 Å². The first kappa shape index (κ1) is 19.2. The fourth-order valence-electron chi connectivity index (χ4n) is 1.80. The number of methoxy groups -OCH3 is 1. The van der Waals surface area contributed by atoms with Crippen LogP contribution in [-0.4, -0.2) is 33.2 Å². The summed E-state index contributed by atoms with van der Waals surface area (Å²) in [7, 11) is 1.65. The Morgan fingerprint density at radius 1 is 1.09 bits per heavy atom. The topological polar surface area (TPSA) is 36.9 Å². The van der Waals surface area contributed by atoms with E-state index in [4.69, 9.17) is 18.9 Å². The molecule has 0 unspecified atom stereocenters. The fourth-order valence-corrected chi connectivity index (χ4v) is 1.80. The van der Waals surface area contributed by atoms with E-state index in [9.17, 15) is 0 Å². The molecule has 0 aliphatic heterocycles. The van der Waals surface area contributed by atoms with E-state index in [0.717, 1.165) is 16.9 Å². The van der Waals surface area contributed by atoms with Crippen LogP contribution in [0.15, 0.2) is 61.2 Å². The lowest BCUT2D eigenvalue weighted by molar-refractivity contribution is -0.0942. The summed E-state index contributed by atoms with van der Waals surface area (Å²) in [5, 5.41) is 0. The Bertz CT molecular complexity index is 479. The van der Waals surface area contributed by atoms with Crippen molar-refractivity contribution < 1.29 is 18.9 Å². The van der Waals surface area contributed by atoms with Gasteiger partial charge in [-0.25, -0.2) is 0 Å². The Morgan fingerprint density at radius 3 is 2.22 bits per heavy atom. The highest BCUT2D eigenvalue weighted by atomic mass is 16.7. The van der Waals surface area contributed by atoms with Crippen LogP contribution in [0.1, 0.15) is 12.5 Å². The largest absolute Gasteiger partial charge is 0.497 e. The van der Waals surface area contributed by atoms with E-state index in [0.29, 0.717) is 26.4 Å². The highest BCUT2D eigenvalue weighted by Gasteiger charge is 2.05. The Hall–Kier alpha value is -1.88. The first-order valence-corrected chi connectivity index (χ1v) is 7.52. The van der Waals surface area contributed by atoms with Gasteiger partial charge >= 0.3 is 0 Å². The molecule has 0 spiro atoms. The lowest BCUT2D eigenvalue weighted by Crippen LogP contribution is -2.16. The lowest BCUT2D eigenvalue weighted by Gasteiger charge is -2.14. The summed E-state index contributed by atoms with van der Waals surface area (Å²) in [6, 6.07) is 7.81. The van der Waals surface area contributed by atoms with Crippen molar-refractivity contribution in [2.45, 2.75) is 19.8 Å². The first-order valence-electron chi connectivity index (χ1n) is 7.52. The average molecular weight is 318 g/mol. The maximum Gasteiger partial charge on any atom is 0.177 e. The van der Waals surface area contributed by atoms with Gasteiger partial charge in [-0.1, -0.05) is 24.3 Å². The maximum atomic E-state index is 5.70. The molecule has 0 saturated carbocycles. The van der Waals surface area contributed by atoms with E-state index in [1.165, 1.54) is 0 Å². The molecule has 4 heteroatoms. The summed E-state index contributed by atoms with van der Waals surface area (Å²) >= 11 is 0. The summed E-state index contributed by atoms with van der Waals surface area (Å²) in [5.41, 5.74) is 2.14. The van der Waals surface area contributed by atoms with Crippen molar-refractivity contribution in [2.24, 2.45) is 0 Å². The van der Waals surface area contributed by atoms with Crippen LogP contribution in [0.2, 0.25) is 0 Å². The zero-order chi connectivity index (χ0) is 16.9. The molecule has 0 aliphatic carbocycles. The molecular formula is C19H26O4. The normalized spacial score (nSPS) is 11.5. The van der Waals surface area contributed by atoms with Gasteiger partial charge in [-0.15, -0.1) is 13.2 Å². The Balaban J connectivity index is 2.42. The molecular weight excluding hydrogens is 292 g/mol. The van der Waals surface area contributed by atoms with Gasteiger partial charge in [0.15, 0.2) is 6.29 Å². The van der Waals surface area contributed by atoms with Crippen LogP contribution in [0.4, 0.5) is 0 Å². The highest BCUT2D eigenvalue weighted by molar-refractivity contribution is 5.26. The SMILES string of the molecule is C=CCOC(/C=C(\C)COCc1ccc(OC)cc1)OCC=C. The molecule has 23 heavy (non-hydrogen) atoms. The number of hydrogen-bond acceptors (Lipinski definition) is 4. The van der Waals surface area contributed by atoms with Gasteiger partial charge < -0.3 is 18.9 Å². The molecule has 0 heterocycles. The number of ether oxygens (including phenoxy) is 4. The van der Waals surface area contributed by atoms with Crippen molar-refractivity contribution in [3.05, 3.63) is 66.8 Å². The zero-order valence-corrected chi connectivity index (χ0v) is 14.0. The number of benzene rings is 1. The van der Waals surface area contributed by atoms with Gasteiger partial charge in [0.2, 0.25) is 0 Å². The predicted octanol–water partition coefficient (Wildman–Crippen LogP) is 3.89. The van der Waals surface area contributed by atoms with E-state index >= 15 is 0 Å². The van der Waals surface area contributed by atoms with E-state index < -0.39 is 6.29 Å². The monoisotopic (exact) mass is 318 g/mol. The van der Waals surface area contributed by atoms with Gasteiger partial charge in [-0.2, -0.15) is 0 Å². The fraction of sp³-hybridized carbons (Fsp3) is 0.368. The van der Waals surface area contributed by atoms with Crippen molar-refractivity contribution >= 4 is 0 Å². The van der Waals surface area contributed by atoms with Crippen LogP contribution >= 0.6 is 0 Å². The predicted molar refractivity (Wildman–Crippen MR) is 92.5 cm³/mol. The van der Waals surface area contributed by atoms with Gasteiger partial charge in [-0.05, 0) is 36.3 Å². The first-order chi connectivity index (χ1) is 11.2. The highest BCUT2D eigenvalue weighted by Crippen LogP contribution is 2.12. The van der Waals surface area contributed by atoms with E-state index in [2.05, 4.69) is 13.2 Å². The standard InChI is InChI=1S/C19H26O4/c1-5-11-22-19(23-12-6-2)13-16(3)14-21-15-17-7-9-18(20-4)10-8-17/h5-10,13,19H,1-2,11-12,14-15H2,3-4H3/b16-13+. The second-order valence-electron chi connectivity index (χ2n) is 4.97. The third-order valence-corrected chi connectivity index (χ3v) is 2.93. The second-order valence-corrected chi connectivity index (χ2v) is 4.97. The quantitative estimate of drug-likeness (QED) is 0.433. The van der Waals surface area contributed by atoms with Gasteiger partial charge in [0.05, 0.1) is 33.5 Å². The van der Waals surface area contributed by atoms with Crippen molar-refractivity contribution in [1.82, 2.24) is 0 Å². The van der Waals surface area contributed by atoms with Crippen LogP contribution in [0.5, 0.6) is 5.75 Å². The maximum absolute atomic E-state index is 5.70.